The number of esters is 1. The number of ether oxygens (including phenoxy) is 2. The zero-order valence-corrected chi connectivity index (χ0v) is 19.3. The second-order valence-corrected chi connectivity index (χ2v) is 10.2. The molecule has 0 aliphatic heterocycles. The van der Waals surface area contributed by atoms with Gasteiger partial charge in [-0.05, 0) is 74.3 Å². The van der Waals surface area contributed by atoms with Crippen LogP contribution in [0.25, 0.3) is 0 Å². The number of benzene rings is 2. The Hall–Kier alpha value is -2.62. The van der Waals surface area contributed by atoms with E-state index < -0.39 is 5.60 Å². The summed E-state index contributed by atoms with van der Waals surface area (Å²) < 4.78 is 11.8. The van der Waals surface area contributed by atoms with Gasteiger partial charge in [0, 0.05) is 12.0 Å². The molecule has 2 aromatic rings. The quantitative estimate of drug-likeness (QED) is 0.404. The molecule has 0 bridgehead atoms. The number of carbonyl (C=O) groups excluding carboxylic acids is 2. The molecule has 0 saturated heterocycles. The lowest BCUT2D eigenvalue weighted by Crippen LogP contribution is -2.43. The smallest absolute Gasteiger partial charge is 0.350 e. The molecule has 2 atom stereocenters. The first-order valence-corrected chi connectivity index (χ1v) is 11.1. The van der Waals surface area contributed by atoms with Gasteiger partial charge in [0.15, 0.2) is 11.4 Å². The number of ketones is 1. The third-order valence-corrected chi connectivity index (χ3v) is 5.87. The van der Waals surface area contributed by atoms with E-state index in [0.29, 0.717) is 23.7 Å². The molecular weight excluding hydrogens is 388 g/mol. The highest BCUT2D eigenvalue weighted by Crippen LogP contribution is 2.40. The maximum Gasteiger partial charge on any atom is 0.350 e. The van der Waals surface area contributed by atoms with Gasteiger partial charge in [-0.1, -0.05) is 51.1 Å². The van der Waals surface area contributed by atoms with Gasteiger partial charge in [0.1, 0.15) is 11.9 Å². The molecule has 4 heteroatoms. The van der Waals surface area contributed by atoms with E-state index in [1.165, 1.54) is 0 Å². The first-order chi connectivity index (χ1) is 14.5. The van der Waals surface area contributed by atoms with Crippen LogP contribution in [0.5, 0.6) is 5.75 Å². The SMILES string of the molecule is C[C@@H]1C[C@H](OC(=O)C(C)(C)Oc2ccc(C(=O)Cc3ccccc3)cc2)CC(C)(C)C1. The average Bonchev–Trinajstić information content (AvgIpc) is 2.67. The van der Waals surface area contributed by atoms with Gasteiger partial charge in [-0.3, -0.25) is 4.79 Å². The first-order valence-electron chi connectivity index (χ1n) is 11.1. The number of rotatable bonds is 7. The van der Waals surface area contributed by atoms with Crippen molar-refractivity contribution in [2.75, 3.05) is 0 Å². The summed E-state index contributed by atoms with van der Waals surface area (Å²) in [6, 6.07) is 16.6. The van der Waals surface area contributed by atoms with Gasteiger partial charge < -0.3 is 9.47 Å². The van der Waals surface area contributed by atoms with Crippen LogP contribution < -0.4 is 4.74 Å². The largest absolute Gasteiger partial charge is 0.476 e. The fourth-order valence-corrected chi connectivity index (χ4v) is 4.57. The number of hydrogen-bond donors (Lipinski definition) is 0. The Morgan fingerprint density at radius 3 is 2.26 bits per heavy atom. The summed E-state index contributed by atoms with van der Waals surface area (Å²) >= 11 is 0. The predicted octanol–water partition coefficient (Wildman–Crippen LogP) is 6.03. The average molecular weight is 423 g/mol. The molecule has 4 nitrogen and oxygen atoms in total. The minimum atomic E-state index is -1.11. The van der Waals surface area contributed by atoms with Gasteiger partial charge in [-0.15, -0.1) is 0 Å². The van der Waals surface area contributed by atoms with Crippen molar-refractivity contribution in [3.63, 3.8) is 0 Å². The summed E-state index contributed by atoms with van der Waals surface area (Å²) in [5.41, 5.74) is 0.669. The van der Waals surface area contributed by atoms with Crippen LogP contribution in [0.1, 0.15) is 69.8 Å². The molecule has 31 heavy (non-hydrogen) atoms. The van der Waals surface area contributed by atoms with Gasteiger partial charge in [0.25, 0.3) is 0 Å². The topological polar surface area (TPSA) is 52.6 Å². The van der Waals surface area contributed by atoms with Gasteiger partial charge in [-0.25, -0.2) is 4.79 Å². The minimum Gasteiger partial charge on any atom is -0.476 e. The molecule has 2 aromatic carbocycles. The lowest BCUT2D eigenvalue weighted by Gasteiger charge is -2.39. The first kappa shape index (κ1) is 23.1. The van der Waals surface area contributed by atoms with Crippen molar-refractivity contribution in [1.29, 1.82) is 0 Å². The summed E-state index contributed by atoms with van der Waals surface area (Å²) in [4.78, 5) is 25.3. The van der Waals surface area contributed by atoms with Crippen molar-refractivity contribution in [3.8, 4) is 5.75 Å². The fourth-order valence-electron chi connectivity index (χ4n) is 4.57. The van der Waals surface area contributed by atoms with Crippen LogP contribution >= 0.6 is 0 Å². The zero-order valence-electron chi connectivity index (χ0n) is 19.3. The summed E-state index contributed by atoms with van der Waals surface area (Å²) in [5, 5.41) is 0. The molecule has 0 heterocycles. The molecule has 0 N–H and O–H groups in total. The number of carbonyl (C=O) groups is 2. The van der Waals surface area contributed by atoms with Crippen molar-refractivity contribution in [3.05, 3.63) is 65.7 Å². The fraction of sp³-hybridized carbons (Fsp3) is 0.481. The van der Waals surface area contributed by atoms with Crippen LogP contribution in [0.4, 0.5) is 0 Å². The molecule has 1 aliphatic carbocycles. The van der Waals surface area contributed by atoms with Gasteiger partial charge in [0.2, 0.25) is 0 Å². The maximum atomic E-state index is 12.8. The van der Waals surface area contributed by atoms with Crippen LogP contribution in [0.2, 0.25) is 0 Å². The number of Topliss-reactive ketones (excluding diaryl/α,β-unsaturated/α-hetero) is 1. The summed E-state index contributed by atoms with van der Waals surface area (Å²) in [7, 11) is 0. The van der Waals surface area contributed by atoms with Crippen LogP contribution in [0, 0.1) is 11.3 Å². The molecule has 0 unspecified atom stereocenters. The van der Waals surface area contributed by atoms with Crippen molar-refractivity contribution >= 4 is 11.8 Å². The molecule has 0 amide bonds. The molecular formula is C27H34O4. The highest BCUT2D eigenvalue weighted by Gasteiger charge is 2.38. The predicted molar refractivity (Wildman–Crippen MR) is 122 cm³/mol. The van der Waals surface area contributed by atoms with Gasteiger partial charge in [0.05, 0.1) is 0 Å². The molecule has 1 saturated carbocycles. The van der Waals surface area contributed by atoms with Crippen LogP contribution in [0.15, 0.2) is 54.6 Å². The second kappa shape index (κ2) is 9.25. The van der Waals surface area contributed by atoms with Crippen molar-refractivity contribution in [1.82, 2.24) is 0 Å². The maximum absolute atomic E-state index is 12.8. The van der Waals surface area contributed by atoms with E-state index >= 15 is 0 Å². The van der Waals surface area contributed by atoms with Crippen LogP contribution in [-0.4, -0.2) is 23.5 Å². The standard InChI is InChI=1S/C27H34O4/c1-19-15-23(18-26(2,3)17-19)30-25(29)27(4,5)31-22-13-11-21(12-14-22)24(28)16-20-9-7-6-8-10-20/h6-14,19,23H,15-18H2,1-5H3/t19-,23+/m1/s1. The lowest BCUT2D eigenvalue weighted by molar-refractivity contribution is -0.169. The van der Waals surface area contributed by atoms with Gasteiger partial charge in [-0.2, -0.15) is 0 Å². The molecule has 0 spiro atoms. The molecule has 0 aromatic heterocycles. The summed E-state index contributed by atoms with van der Waals surface area (Å²) in [6.45, 7) is 10.1. The Morgan fingerprint density at radius 1 is 1.00 bits per heavy atom. The van der Waals surface area contributed by atoms with E-state index in [4.69, 9.17) is 9.47 Å². The molecule has 1 aliphatic rings. The summed E-state index contributed by atoms with van der Waals surface area (Å²) in [6.07, 6.45) is 3.19. The van der Waals surface area contributed by atoms with Crippen LogP contribution in [-0.2, 0) is 16.0 Å². The highest BCUT2D eigenvalue weighted by atomic mass is 16.6. The molecule has 3 rings (SSSR count). The molecule has 166 valence electrons. The number of hydrogen-bond acceptors (Lipinski definition) is 4. The Balaban J connectivity index is 1.59. The van der Waals surface area contributed by atoms with E-state index in [2.05, 4.69) is 20.8 Å². The van der Waals surface area contributed by atoms with Gasteiger partial charge >= 0.3 is 5.97 Å². The van der Waals surface area contributed by atoms with E-state index in [1.807, 2.05) is 30.3 Å². The molecule has 0 radical (unpaired) electrons. The van der Waals surface area contributed by atoms with E-state index in [1.54, 1.807) is 38.1 Å². The second-order valence-electron chi connectivity index (χ2n) is 10.2. The van der Waals surface area contributed by atoms with Crippen molar-refractivity contribution < 1.29 is 19.1 Å². The Labute approximate surface area is 186 Å². The Kier molecular flexibility index (Phi) is 6.88. The van der Waals surface area contributed by atoms with Crippen LogP contribution in [0.3, 0.4) is 0 Å². The van der Waals surface area contributed by atoms with E-state index in [0.717, 1.165) is 24.8 Å². The normalized spacial score (nSPS) is 20.7. The third kappa shape index (κ3) is 6.43. The molecule has 1 fully saturated rings. The monoisotopic (exact) mass is 422 g/mol. The third-order valence-electron chi connectivity index (χ3n) is 5.87. The van der Waals surface area contributed by atoms with E-state index in [9.17, 15) is 9.59 Å². The highest BCUT2D eigenvalue weighted by molar-refractivity contribution is 5.97. The Bertz CT molecular complexity index is 897. The Morgan fingerprint density at radius 2 is 1.65 bits per heavy atom. The summed E-state index contributed by atoms with van der Waals surface area (Å²) in [5.74, 6) is 0.763. The lowest BCUT2D eigenvalue weighted by atomic mass is 9.71. The minimum absolute atomic E-state index is 0.0467. The van der Waals surface area contributed by atoms with E-state index in [-0.39, 0.29) is 23.3 Å². The zero-order chi connectivity index (χ0) is 22.6. The van der Waals surface area contributed by atoms with Crippen molar-refractivity contribution in [2.45, 2.75) is 72.0 Å². The van der Waals surface area contributed by atoms with Crippen molar-refractivity contribution in [2.24, 2.45) is 11.3 Å².